The number of nitrogens with one attached hydrogen (secondary N) is 1. The molecule has 0 bridgehead atoms. The van der Waals surface area contributed by atoms with Crippen molar-refractivity contribution in [3.05, 3.63) is 64.4 Å². The van der Waals surface area contributed by atoms with Crippen molar-refractivity contribution in [2.24, 2.45) is 0 Å². The van der Waals surface area contributed by atoms with Crippen LogP contribution in [0.1, 0.15) is 29.6 Å². The van der Waals surface area contributed by atoms with E-state index in [-0.39, 0.29) is 0 Å². The molecule has 4 rings (SSSR count). The molecule has 2 aromatic carbocycles. The van der Waals surface area contributed by atoms with Gasteiger partial charge in [-0.2, -0.15) is 0 Å². The molecule has 0 saturated heterocycles. The molecule has 0 spiro atoms. The molecule has 2 nitrogen and oxygen atoms in total. The van der Waals surface area contributed by atoms with E-state index in [9.17, 15) is 0 Å². The van der Waals surface area contributed by atoms with Gasteiger partial charge in [0, 0.05) is 10.4 Å². The van der Waals surface area contributed by atoms with E-state index < -0.39 is 0 Å². The van der Waals surface area contributed by atoms with Crippen molar-refractivity contribution in [2.45, 2.75) is 18.3 Å². The largest absolute Gasteiger partial charge is 0.342 e. The minimum atomic E-state index is 0.550. The molecule has 0 aliphatic heterocycles. The lowest BCUT2D eigenvalue weighted by Gasteiger charge is -1.97. The predicted octanol–water partition coefficient (Wildman–Crippen LogP) is 4.60. The van der Waals surface area contributed by atoms with Crippen LogP contribution >= 0.6 is 15.9 Å². The first-order valence-electron chi connectivity index (χ1n) is 6.51. The monoisotopic (exact) mass is 312 g/mol. The van der Waals surface area contributed by atoms with Gasteiger partial charge in [0.1, 0.15) is 5.82 Å². The van der Waals surface area contributed by atoms with Crippen LogP contribution in [0.4, 0.5) is 0 Å². The highest BCUT2D eigenvalue weighted by atomic mass is 79.9. The van der Waals surface area contributed by atoms with Gasteiger partial charge in [0.25, 0.3) is 0 Å². The van der Waals surface area contributed by atoms with E-state index in [1.165, 1.54) is 12.0 Å². The van der Waals surface area contributed by atoms with Crippen LogP contribution in [0.5, 0.6) is 0 Å². The number of halogens is 1. The molecule has 1 aliphatic carbocycles. The molecule has 1 N–H and O–H groups in total. The number of hydrogen-bond donors (Lipinski definition) is 1. The molecule has 0 radical (unpaired) electrons. The summed E-state index contributed by atoms with van der Waals surface area (Å²) in [5, 5.41) is 0. The van der Waals surface area contributed by atoms with Crippen LogP contribution in [-0.4, -0.2) is 9.97 Å². The van der Waals surface area contributed by atoms with E-state index in [2.05, 4.69) is 63.4 Å². The highest BCUT2D eigenvalue weighted by Crippen LogP contribution is 2.53. The van der Waals surface area contributed by atoms with E-state index in [0.717, 1.165) is 21.3 Å². The molecule has 3 aromatic rings. The summed E-state index contributed by atoms with van der Waals surface area (Å²) in [6.45, 7) is 0. The Labute approximate surface area is 120 Å². The Morgan fingerprint density at radius 2 is 1.89 bits per heavy atom. The van der Waals surface area contributed by atoms with Gasteiger partial charge in [-0.3, -0.25) is 0 Å². The van der Waals surface area contributed by atoms with Gasteiger partial charge in [-0.05, 0) is 36.1 Å². The average molecular weight is 313 g/mol. The Morgan fingerprint density at radius 1 is 1.05 bits per heavy atom. The summed E-state index contributed by atoms with van der Waals surface area (Å²) in [7, 11) is 0. The van der Waals surface area contributed by atoms with Crippen LogP contribution in [-0.2, 0) is 0 Å². The molecule has 1 heterocycles. The number of aromatic amines is 1. The van der Waals surface area contributed by atoms with Crippen LogP contribution in [0, 0.1) is 0 Å². The molecule has 1 saturated carbocycles. The first-order valence-corrected chi connectivity index (χ1v) is 7.31. The summed E-state index contributed by atoms with van der Waals surface area (Å²) in [4.78, 5) is 8.17. The third-order valence-corrected chi connectivity index (χ3v) is 4.32. The number of fused-ring (bicyclic) bond motifs is 1. The predicted molar refractivity (Wildman–Crippen MR) is 80.3 cm³/mol. The Hall–Kier alpha value is -1.61. The van der Waals surface area contributed by atoms with Crippen LogP contribution in [0.15, 0.2) is 53.0 Å². The van der Waals surface area contributed by atoms with Crippen molar-refractivity contribution >= 4 is 27.0 Å². The van der Waals surface area contributed by atoms with Crippen LogP contribution in [0.3, 0.4) is 0 Å². The normalized spacial score (nSPS) is 21.7. The van der Waals surface area contributed by atoms with Gasteiger partial charge in [0.2, 0.25) is 0 Å². The van der Waals surface area contributed by atoms with Crippen molar-refractivity contribution < 1.29 is 0 Å². The summed E-state index contributed by atoms with van der Waals surface area (Å²) in [6.07, 6.45) is 1.20. The fourth-order valence-corrected chi connectivity index (χ4v) is 3.10. The van der Waals surface area contributed by atoms with E-state index in [1.54, 1.807) is 0 Å². The Balaban J connectivity index is 1.66. The second kappa shape index (κ2) is 4.20. The molecule has 19 heavy (non-hydrogen) atoms. The van der Waals surface area contributed by atoms with Crippen molar-refractivity contribution in [1.82, 2.24) is 9.97 Å². The molecule has 1 fully saturated rings. The molecule has 2 unspecified atom stereocenters. The van der Waals surface area contributed by atoms with Crippen molar-refractivity contribution in [1.29, 1.82) is 0 Å². The fraction of sp³-hybridized carbons (Fsp3) is 0.188. The molecule has 1 aliphatic rings. The van der Waals surface area contributed by atoms with Crippen molar-refractivity contribution in [3.63, 3.8) is 0 Å². The first-order chi connectivity index (χ1) is 9.31. The molecule has 94 valence electrons. The van der Waals surface area contributed by atoms with E-state index in [4.69, 9.17) is 4.98 Å². The maximum absolute atomic E-state index is 4.72. The van der Waals surface area contributed by atoms with E-state index >= 15 is 0 Å². The standard InChI is InChI=1S/C16H13BrN2/c17-11-6-7-14-15(8-11)19-16(18-14)13-9-12(13)10-4-2-1-3-5-10/h1-8,12-13H,9H2,(H,18,19). The minimum Gasteiger partial charge on any atom is -0.342 e. The lowest BCUT2D eigenvalue weighted by molar-refractivity contribution is 0.938. The Bertz CT molecular complexity index is 733. The van der Waals surface area contributed by atoms with Crippen molar-refractivity contribution in [2.75, 3.05) is 0 Å². The first kappa shape index (κ1) is 11.2. The Kier molecular flexibility index (Phi) is 2.49. The van der Waals surface area contributed by atoms with Crippen LogP contribution < -0.4 is 0 Å². The second-order valence-electron chi connectivity index (χ2n) is 5.14. The van der Waals surface area contributed by atoms with Gasteiger partial charge in [-0.1, -0.05) is 46.3 Å². The summed E-state index contributed by atoms with van der Waals surface area (Å²) < 4.78 is 1.09. The van der Waals surface area contributed by atoms with Crippen LogP contribution in [0.2, 0.25) is 0 Å². The van der Waals surface area contributed by atoms with Gasteiger partial charge >= 0.3 is 0 Å². The number of benzene rings is 2. The van der Waals surface area contributed by atoms with Gasteiger partial charge in [-0.25, -0.2) is 4.98 Å². The van der Waals surface area contributed by atoms with Gasteiger partial charge < -0.3 is 4.98 Å². The molecule has 1 aromatic heterocycles. The highest BCUT2D eigenvalue weighted by Gasteiger charge is 2.41. The zero-order valence-electron chi connectivity index (χ0n) is 10.3. The number of aromatic nitrogens is 2. The second-order valence-corrected chi connectivity index (χ2v) is 6.06. The van der Waals surface area contributed by atoms with E-state index in [0.29, 0.717) is 11.8 Å². The summed E-state index contributed by atoms with van der Waals surface area (Å²) in [5.74, 6) is 2.31. The fourth-order valence-electron chi connectivity index (χ4n) is 2.74. The number of imidazole rings is 1. The topological polar surface area (TPSA) is 28.7 Å². The number of nitrogens with zero attached hydrogens (tertiary/aromatic N) is 1. The Morgan fingerprint density at radius 3 is 2.74 bits per heavy atom. The minimum absolute atomic E-state index is 0.550. The molecule has 3 heteroatoms. The molecule has 0 amide bonds. The quantitative estimate of drug-likeness (QED) is 0.736. The van der Waals surface area contributed by atoms with E-state index in [1.807, 2.05) is 6.07 Å². The molecular weight excluding hydrogens is 300 g/mol. The number of H-pyrrole nitrogens is 1. The third-order valence-electron chi connectivity index (χ3n) is 3.83. The van der Waals surface area contributed by atoms with Crippen molar-refractivity contribution in [3.8, 4) is 0 Å². The van der Waals surface area contributed by atoms with Gasteiger partial charge in [0.05, 0.1) is 11.0 Å². The summed E-state index contributed by atoms with van der Waals surface area (Å²) in [5.41, 5.74) is 3.59. The van der Waals surface area contributed by atoms with Gasteiger partial charge in [-0.15, -0.1) is 0 Å². The SMILES string of the molecule is Brc1ccc2nc(C3CC3c3ccccc3)[nH]c2c1. The maximum Gasteiger partial charge on any atom is 0.110 e. The lowest BCUT2D eigenvalue weighted by atomic mass is 10.1. The molecular formula is C16H13BrN2. The van der Waals surface area contributed by atoms with Crippen LogP contribution in [0.25, 0.3) is 11.0 Å². The lowest BCUT2D eigenvalue weighted by Crippen LogP contribution is -1.86. The average Bonchev–Trinajstić information content (AvgIpc) is 3.13. The maximum atomic E-state index is 4.72. The zero-order chi connectivity index (χ0) is 12.8. The zero-order valence-corrected chi connectivity index (χ0v) is 11.9. The highest BCUT2D eigenvalue weighted by molar-refractivity contribution is 9.10. The molecule has 2 atom stereocenters. The summed E-state index contributed by atoms with van der Waals surface area (Å²) in [6, 6.07) is 16.9. The third kappa shape index (κ3) is 1.98. The van der Waals surface area contributed by atoms with Gasteiger partial charge in [0.15, 0.2) is 0 Å². The number of hydrogen-bond acceptors (Lipinski definition) is 1. The number of rotatable bonds is 2. The smallest absolute Gasteiger partial charge is 0.110 e. The summed E-state index contributed by atoms with van der Waals surface area (Å²) >= 11 is 3.50.